The van der Waals surface area contributed by atoms with Gasteiger partial charge in [0.25, 0.3) is 0 Å². The number of para-hydroxylation sites is 1. The maximum atomic E-state index is 3.84. The van der Waals surface area contributed by atoms with Crippen LogP contribution in [0.25, 0.3) is 0 Å². The maximum absolute atomic E-state index is 3.84. The Bertz CT molecular complexity index is 452. The normalized spacial score (nSPS) is 12.5. The maximum Gasteiger partial charge on any atom is 0.0437 e. The molecule has 1 rings (SSSR count). The lowest BCUT2D eigenvalue weighted by Gasteiger charge is -2.24. The largest absolute Gasteiger partial charge is 0.344 e. The van der Waals surface area contributed by atoms with E-state index in [9.17, 15) is 0 Å². The smallest absolute Gasteiger partial charge is 0.0437 e. The fraction of sp³-hybridized carbons (Fsp3) is 0.250. The van der Waals surface area contributed by atoms with Crippen molar-refractivity contribution in [2.75, 3.05) is 11.9 Å². The predicted octanol–water partition coefficient (Wildman–Crippen LogP) is 4.47. The molecule has 1 nitrogen and oxygen atoms in total. The highest BCUT2D eigenvalue weighted by atomic mass is 15.1. The van der Waals surface area contributed by atoms with E-state index in [0.717, 1.165) is 0 Å². The third-order valence-corrected chi connectivity index (χ3v) is 2.87. The van der Waals surface area contributed by atoms with E-state index in [-0.39, 0.29) is 0 Å². The molecule has 0 heterocycles. The van der Waals surface area contributed by atoms with Crippen LogP contribution in [-0.4, -0.2) is 7.05 Å². The molecule has 17 heavy (non-hydrogen) atoms. The van der Waals surface area contributed by atoms with Gasteiger partial charge < -0.3 is 4.90 Å². The van der Waals surface area contributed by atoms with Crippen LogP contribution in [0, 0.1) is 6.92 Å². The van der Waals surface area contributed by atoms with Crippen molar-refractivity contribution in [2.45, 2.75) is 20.8 Å². The van der Waals surface area contributed by atoms with Crippen LogP contribution < -0.4 is 4.90 Å². The molecule has 0 N–H and O–H groups in total. The van der Waals surface area contributed by atoms with E-state index in [0.29, 0.717) is 0 Å². The molecular formula is C16H21N. The summed E-state index contributed by atoms with van der Waals surface area (Å²) in [7, 11) is 2.09. The van der Waals surface area contributed by atoms with Gasteiger partial charge in [-0.2, -0.15) is 0 Å². The number of hydrogen-bond acceptors (Lipinski definition) is 1. The van der Waals surface area contributed by atoms with Crippen LogP contribution in [0.4, 0.5) is 5.69 Å². The number of likely N-dealkylation sites (N-methyl/N-ethyl adjacent to an activating group) is 1. The van der Waals surface area contributed by atoms with Crippen molar-refractivity contribution in [3.05, 3.63) is 65.9 Å². The first kappa shape index (κ1) is 13.3. The van der Waals surface area contributed by atoms with Gasteiger partial charge >= 0.3 is 0 Å². The van der Waals surface area contributed by atoms with Crippen LogP contribution in [0.5, 0.6) is 0 Å². The fourth-order valence-electron chi connectivity index (χ4n) is 1.84. The number of nitrogens with zero attached hydrogens (tertiary/aromatic N) is 1. The lowest BCUT2D eigenvalue weighted by molar-refractivity contribution is 1.10. The Morgan fingerprint density at radius 1 is 1.29 bits per heavy atom. The summed E-state index contributed by atoms with van der Waals surface area (Å²) >= 11 is 0. The molecule has 0 unspecified atom stereocenters. The zero-order valence-corrected chi connectivity index (χ0v) is 11.2. The summed E-state index contributed by atoms with van der Waals surface area (Å²) in [5, 5.41) is 0. The average Bonchev–Trinajstić information content (AvgIpc) is 2.35. The Labute approximate surface area is 105 Å². The van der Waals surface area contributed by atoms with E-state index in [1.807, 2.05) is 13.0 Å². The van der Waals surface area contributed by atoms with Crippen LogP contribution in [0.2, 0.25) is 0 Å². The summed E-state index contributed by atoms with van der Waals surface area (Å²) < 4.78 is 0. The van der Waals surface area contributed by atoms with Gasteiger partial charge in [-0.15, -0.1) is 0 Å². The van der Waals surface area contributed by atoms with E-state index in [2.05, 4.69) is 68.8 Å². The molecule has 0 saturated heterocycles. The molecule has 0 aliphatic heterocycles. The summed E-state index contributed by atoms with van der Waals surface area (Å²) in [4.78, 5) is 2.20. The number of allylic oxidation sites excluding steroid dienone is 4. The third-order valence-electron chi connectivity index (χ3n) is 2.87. The Balaban J connectivity index is 3.23. The van der Waals surface area contributed by atoms with E-state index < -0.39 is 0 Å². The molecule has 0 aliphatic rings. The average molecular weight is 227 g/mol. The van der Waals surface area contributed by atoms with E-state index in [1.165, 1.54) is 22.5 Å². The Morgan fingerprint density at radius 2 is 1.94 bits per heavy atom. The highest BCUT2D eigenvalue weighted by Crippen LogP contribution is 2.24. The summed E-state index contributed by atoms with van der Waals surface area (Å²) in [6.45, 7) is 10.1. The Hall–Kier alpha value is -1.76. The summed E-state index contributed by atoms with van der Waals surface area (Å²) in [6, 6.07) is 8.39. The molecule has 1 aromatic carbocycles. The molecule has 1 aromatic rings. The second-order valence-electron chi connectivity index (χ2n) is 4.12. The van der Waals surface area contributed by atoms with Crippen LogP contribution in [0.15, 0.2) is 60.3 Å². The van der Waals surface area contributed by atoms with Crippen LogP contribution >= 0.6 is 0 Å². The predicted molar refractivity (Wildman–Crippen MR) is 77.3 cm³/mol. The molecule has 0 bridgehead atoms. The van der Waals surface area contributed by atoms with Gasteiger partial charge in [0.1, 0.15) is 0 Å². The highest BCUT2D eigenvalue weighted by Gasteiger charge is 2.08. The molecule has 90 valence electrons. The molecule has 0 saturated carbocycles. The molecule has 0 aliphatic carbocycles. The fourth-order valence-corrected chi connectivity index (χ4v) is 1.84. The lowest BCUT2D eigenvalue weighted by Crippen LogP contribution is -2.17. The minimum absolute atomic E-state index is 1.17. The summed E-state index contributed by atoms with van der Waals surface area (Å²) in [5.74, 6) is 0. The number of aryl methyl sites for hydroxylation is 1. The van der Waals surface area contributed by atoms with Gasteiger partial charge in [-0.05, 0) is 44.1 Å². The first-order valence-electron chi connectivity index (χ1n) is 5.87. The summed E-state index contributed by atoms with van der Waals surface area (Å²) in [6.07, 6.45) is 6.06. The number of hydrogen-bond donors (Lipinski definition) is 0. The van der Waals surface area contributed by atoms with E-state index in [4.69, 9.17) is 0 Å². The third kappa shape index (κ3) is 3.10. The molecule has 0 fully saturated rings. The van der Waals surface area contributed by atoms with Crippen molar-refractivity contribution in [1.29, 1.82) is 0 Å². The molecule has 1 heteroatoms. The summed E-state index contributed by atoms with van der Waals surface area (Å²) in [5.41, 5.74) is 4.85. The van der Waals surface area contributed by atoms with Gasteiger partial charge in [-0.25, -0.2) is 0 Å². The molecular weight excluding hydrogens is 206 g/mol. The minimum atomic E-state index is 1.17. The van der Waals surface area contributed by atoms with Crippen molar-refractivity contribution in [2.24, 2.45) is 0 Å². The highest BCUT2D eigenvalue weighted by molar-refractivity contribution is 5.59. The number of anilines is 1. The van der Waals surface area contributed by atoms with Gasteiger partial charge in [0, 0.05) is 18.4 Å². The van der Waals surface area contributed by atoms with Crippen molar-refractivity contribution in [3.8, 4) is 0 Å². The van der Waals surface area contributed by atoms with Gasteiger partial charge in [0.05, 0.1) is 0 Å². The van der Waals surface area contributed by atoms with Crippen LogP contribution in [-0.2, 0) is 0 Å². The molecule has 0 amide bonds. The van der Waals surface area contributed by atoms with Gasteiger partial charge in [0.15, 0.2) is 0 Å². The lowest BCUT2D eigenvalue weighted by atomic mass is 10.1. The molecule has 0 spiro atoms. The minimum Gasteiger partial charge on any atom is -0.344 e. The standard InChI is InChI=1S/C16H21N/c1-6-10-15(13(3)7-2)17(5)16-12-9-8-11-14(16)4/h6-12H,2H2,1,3-5H3/b10-6-,15-13+. The first-order valence-corrected chi connectivity index (χ1v) is 5.87. The van der Waals surface area contributed by atoms with Crippen molar-refractivity contribution >= 4 is 5.69 Å². The zero-order valence-electron chi connectivity index (χ0n) is 11.2. The zero-order chi connectivity index (χ0) is 12.8. The molecule has 0 atom stereocenters. The number of rotatable bonds is 4. The second-order valence-corrected chi connectivity index (χ2v) is 4.12. The monoisotopic (exact) mass is 227 g/mol. The Morgan fingerprint density at radius 3 is 2.47 bits per heavy atom. The molecule has 0 radical (unpaired) electrons. The van der Waals surface area contributed by atoms with Gasteiger partial charge in [-0.3, -0.25) is 0 Å². The van der Waals surface area contributed by atoms with Crippen molar-refractivity contribution in [3.63, 3.8) is 0 Å². The van der Waals surface area contributed by atoms with Crippen molar-refractivity contribution < 1.29 is 0 Å². The SMILES string of the molecule is C=C/C(C)=C(\C=C/C)N(C)c1ccccc1C. The topological polar surface area (TPSA) is 3.24 Å². The van der Waals surface area contributed by atoms with Gasteiger partial charge in [-0.1, -0.05) is 36.9 Å². The van der Waals surface area contributed by atoms with Crippen molar-refractivity contribution in [1.82, 2.24) is 0 Å². The van der Waals surface area contributed by atoms with Gasteiger partial charge in [0.2, 0.25) is 0 Å². The number of benzene rings is 1. The Kier molecular flexibility index (Phi) is 4.77. The molecule has 0 aromatic heterocycles. The quantitative estimate of drug-likeness (QED) is 0.686. The van der Waals surface area contributed by atoms with Crippen LogP contribution in [0.3, 0.4) is 0 Å². The van der Waals surface area contributed by atoms with E-state index >= 15 is 0 Å². The second kappa shape index (κ2) is 6.09. The van der Waals surface area contributed by atoms with E-state index in [1.54, 1.807) is 0 Å². The van der Waals surface area contributed by atoms with Crippen LogP contribution in [0.1, 0.15) is 19.4 Å². The first-order chi connectivity index (χ1) is 8.11.